The normalized spacial score (nSPS) is 20.2. The monoisotopic (exact) mass is 358 g/mol. The lowest BCUT2D eigenvalue weighted by Gasteiger charge is -2.25. The van der Waals surface area contributed by atoms with Crippen LogP contribution in [0.15, 0.2) is 30.3 Å². The molecule has 0 aliphatic heterocycles. The van der Waals surface area contributed by atoms with Crippen molar-refractivity contribution >= 4 is 23.2 Å². The Morgan fingerprint density at radius 3 is 2.44 bits per heavy atom. The van der Waals surface area contributed by atoms with Gasteiger partial charge in [-0.3, -0.25) is 9.59 Å². The molecular weight excluding hydrogens is 336 g/mol. The van der Waals surface area contributed by atoms with Crippen LogP contribution in [0.2, 0.25) is 0 Å². The molecule has 3 rings (SSSR count). The lowest BCUT2D eigenvalue weighted by molar-refractivity contribution is -0.144. The lowest BCUT2D eigenvalue weighted by Crippen LogP contribution is -2.34. The van der Waals surface area contributed by atoms with Gasteiger partial charge in [-0.2, -0.15) is 0 Å². The Bertz CT molecular complexity index is 749. The van der Waals surface area contributed by atoms with Gasteiger partial charge in [-0.1, -0.05) is 30.3 Å². The molecule has 132 valence electrons. The van der Waals surface area contributed by atoms with Gasteiger partial charge in [0.1, 0.15) is 5.01 Å². The molecule has 1 aliphatic rings. The summed E-state index contributed by atoms with van der Waals surface area (Å²) in [6.07, 6.45) is 2.48. The molecule has 0 spiro atoms. The van der Waals surface area contributed by atoms with E-state index >= 15 is 0 Å². The lowest BCUT2D eigenvalue weighted by atomic mass is 9.81. The van der Waals surface area contributed by atoms with E-state index in [1.54, 1.807) is 11.3 Å². The highest BCUT2D eigenvalue weighted by molar-refractivity contribution is 7.15. The molecule has 0 saturated heterocycles. The molecular formula is C19H22N2O3S. The number of benzene rings is 1. The van der Waals surface area contributed by atoms with E-state index in [0.29, 0.717) is 32.2 Å². The summed E-state index contributed by atoms with van der Waals surface area (Å²) in [5.41, 5.74) is 2.03. The third kappa shape index (κ3) is 4.25. The van der Waals surface area contributed by atoms with Crippen molar-refractivity contribution in [2.45, 2.75) is 39.2 Å². The van der Waals surface area contributed by atoms with Crippen LogP contribution in [0.1, 0.15) is 36.3 Å². The average Bonchev–Trinajstić information content (AvgIpc) is 3.01. The van der Waals surface area contributed by atoms with Crippen LogP contribution in [0, 0.1) is 18.8 Å². The number of aryl methyl sites for hydroxylation is 1. The van der Waals surface area contributed by atoms with E-state index in [4.69, 9.17) is 5.11 Å². The molecule has 0 atom stereocenters. The van der Waals surface area contributed by atoms with Crippen LogP contribution in [-0.2, 0) is 16.1 Å². The zero-order chi connectivity index (χ0) is 17.8. The summed E-state index contributed by atoms with van der Waals surface area (Å²) in [5, 5.41) is 13.0. The molecule has 5 nitrogen and oxygen atoms in total. The summed E-state index contributed by atoms with van der Waals surface area (Å²) in [5.74, 6) is -1.08. The van der Waals surface area contributed by atoms with Crippen LogP contribution in [0.4, 0.5) is 0 Å². The molecule has 6 heteroatoms. The fourth-order valence-electron chi connectivity index (χ4n) is 3.21. The van der Waals surface area contributed by atoms with Gasteiger partial charge in [-0.25, -0.2) is 4.98 Å². The van der Waals surface area contributed by atoms with E-state index < -0.39 is 5.97 Å². The minimum Gasteiger partial charge on any atom is -0.481 e. The number of carboxylic acid groups (broad SMARTS) is 1. The molecule has 1 heterocycles. The summed E-state index contributed by atoms with van der Waals surface area (Å²) >= 11 is 1.60. The highest BCUT2D eigenvalue weighted by Crippen LogP contribution is 2.30. The van der Waals surface area contributed by atoms with Crippen molar-refractivity contribution in [1.82, 2.24) is 10.3 Å². The Kier molecular flexibility index (Phi) is 5.48. The maximum absolute atomic E-state index is 12.4. The van der Waals surface area contributed by atoms with Gasteiger partial charge in [0.05, 0.1) is 18.2 Å². The van der Waals surface area contributed by atoms with Crippen molar-refractivity contribution in [3.63, 3.8) is 0 Å². The number of rotatable bonds is 5. The van der Waals surface area contributed by atoms with Crippen LogP contribution in [0.5, 0.6) is 0 Å². The van der Waals surface area contributed by atoms with Gasteiger partial charge in [-0.05, 0) is 32.6 Å². The Labute approximate surface area is 151 Å². The third-order valence-electron chi connectivity index (χ3n) is 4.78. The first-order chi connectivity index (χ1) is 12.0. The van der Waals surface area contributed by atoms with Gasteiger partial charge in [0, 0.05) is 16.4 Å². The van der Waals surface area contributed by atoms with E-state index in [9.17, 15) is 9.59 Å². The molecule has 1 amide bonds. The predicted molar refractivity (Wildman–Crippen MR) is 97.2 cm³/mol. The average molecular weight is 358 g/mol. The summed E-state index contributed by atoms with van der Waals surface area (Å²) in [7, 11) is 0. The first kappa shape index (κ1) is 17.6. The second kappa shape index (κ2) is 7.78. The quantitative estimate of drug-likeness (QED) is 0.855. The van der Waals surface area contributed by atoms with E-state index in [1.807, 2.05) is 37.3 Å². The highest BCUT2D eigenvalue weighted by Gasteiger charge is 2.29. The van der Waals surface area contributed by atoms with Crippen molar-refractivity contribution in [1.29, 1.82) is 0 Å². The van der Waals surface area contributed by atoms with E-state index in [-0.39, 0.29) is 17.7 Å². The number of aliphatic carboxylic acids is 1. The minimum absolute atomic E-state index is 0.0258. The van der Waals surface area contributed by atoms with E-state index in [2.05, 4.69) is 10.3 Å². The minimum atomic E-state index is -0.743. The molecule has 1 aromatic carbocycles. The number of hydrogen-bond acceptors (Lipinski definition) is 4. The zero-order valence-corrected chi connectivity index (χ0v) is 15.0. The number of hydrogen-bond donors (Lipinski definition) is 2. The Hall–Kier alpha value is -2.21. The van der Waals surface area contributed by atoms with Crippen LogP contribution < -0.4 is 5.32 Å². The number of carbonyl (C=O) groups is 2. The number of amides is 1. The number of nitrogens with zero attached hydrogens (tertiary/aromatic N) is 1. The summed E-state index contributed by atoms with van der Waals surface area (Å²) in [6, 6.07) is 10.0. The molecule has 1 saturated carbocycles. The van der Waals surface area contributed by atoms with Crippen molar-refractivity contribution in [3.05, 3.63) is 40.9 Å². The largest absolute Gasteiger partial charge is 0.481 e. The van der Waals surface area contributed by atoms with Crippen LogP contribution >= 0.6 is 11.3 Å². The van der Waals surface area contributed by atoms with Gasteiger partial charge >= 0.3 is 5.97 Å². The van der Waals surface area contributed by atoms with Gasteiger partial charge in [-0.15, -0.1) is 11.3 Å². The maximum atomic E-state index is 12.4. The second-order valence-corrected chi connectivity index (χ2v) is 7.58. The molecule has 1 aliphatic carbocycles. The van der Waals surface area contributed by atoms with E-state index in [0.717, 1.165) is 21.1 Å². The molecule has 25 heavy (non-hydrogen) atoms. The van der Waals surface area contributed by atoms with Crippen molar-refractivity contribution in [2.75, 3.05) is 0 Å². The highest BCUT2D eigenvalue weighted by atomic mass is 32.1. The Morgan fingerprint density at radius 1 is 1.16 bits per heavy atom. The molecule has 1 aromatic heterocycles. The summed E-state index contributed by atoms with van der Waals surface area (Å²) in [6.45, 7) is 2.44. The number of thiazole rings is 1. The fourth-order valence-corrected chi connectivity index (χ4v) is 4.22. The van der Waals surface area contributed by atoms with Gasteiger partial charge in [0.25, 0.3) is 0 Å². The number of carbonyl (C=O) groups excluding carboxylic acids is 1. The van der Waals surface area contributed by atoms with Crippen molar-refractivity contribution in [3.8, 4) is 10.6 Å². The Morgan fingerprint density at radius 2 is 1.80 bits per heavy atom. The van der Waals surface area contributed by atoms with Gasteiger partial charge < -0.3 is 10.4 Å². The number of aromatic nitrogens is 1. The van der Waals surface area contributed by atoms with Crippen LogP contribution in [0.25, 0.3) is 10.6 Å². The smallest absolute Gasteiger partial charge is 0.306 e. The topological polar surface area (TPSA) is 79.3 Å². The molecule has 2 aromatic rings. The molecule has 1 fully saturated rings. The fraction of sp³-hybridized carbons (Fsp3) is 0.421. The SMILES string of the molecule is Cc1nc(-c2ccccc2)sc1CNC(=O)C1CCC(C(=O)O)CC1. The third-order valence-corrected chi connectivity index (χ3v) is 5.99. The van der Waals surface area contributed by atoms with E-state index in [1.165, 1.54) is 0 Å². The maximum Gasteiger partial charge on any atom is 0.306 e. The van der Waals surface area contributed by atoms with Crippen LogP contribution in [-0.4, -0.2) is 22.0 Å². The molecule has 0 bridgehead atoms. The first-order valence-corrected chi connectivity index (χ1v) is 9.38. The predicted octanol–water partition coefficient (Wildman–Crippen LogP) is 3.63. The Balaban J connectivity index is 1.56. The van der Waals surface area contributed by atoms with Crippen molar-refractivity contribution in [2.24, 2.45) is 11.8 Å². The van der Waals surface area contributed by atoms with Crippen molar-refractivity contribution < 1.29 is 14.7 Å². The summed E-state index contributed by atoms with van der Waals surface area (Å²) < 4.78 is 0. The second-order valence-electron chi connectivity index (χ2n) is 6.50. The molecule has 0 unspecified atom stereocenters. The number of nitrogens with one attached hydrogen (secondary N) is 1. The van der Waals surface area contributed by atoms with Crippen LogP contribution in [0.3, 0.4) is 0 Å². The first-order valence-electron chi connectivity index (χ1n) is 8.57. The number of carboxylic acids is 1. The summed E-state index contributed by atoms with van der Waals surface area (Å²) in [4.78, 5) is 29.0. The van der Waals surface area contributed by atoms with Gasteiger partial charge in [0.15, 0.2) is 0 Å². The standard InChI is InChI=1S/C19H22N2O3S/c1-12-16(25-18(21-12)14-5-3-2-4-6-14)11-20-17(22)13-7-9-15(10-8-13)19(23)24/h2-6,13,15H,7-11H2,1H3,(H,20,22)(H,23,24). The zero-order valence-electron chi connectivity index (χ0n) is 14.2. The molecule has 2 N–H and O–H groups in total. The molecule has 0 radical (unpaired) electrons. The van der Waals surface area contributed by atoms with Gasteiger partial charge in [0.2, 0.25) is 5.91 Å².